The maximum atomic E-state index is 14.3. The van der Waals surface area contributed by atoms with Crippen molar-refractivity contribution in [3.8, 4) is 17.1 Å². The third-order valence-corrected chi connectivity index (χ3v) is 9.77. The molecule has 3 aromatic heterocycles. The van der Waals surface area contributed by atoms with Crippen LogP contribution >= 0.6 is 11.6 Å². The Morgan fingerprint density at radius 3 is 2.55 bits per heavy atom. The molecule has 2 amide bonds. The van der Waals surface area contributed by atoms with Crippen LogP contribution in [0.1, 0.15) is 58.5 Å². The fourth-order valence-electron chi connectivity index (χ4n) is 6.63. The normalized spacial score (nSPS) is 15.9. The number of alkyl halides is 3. The monoisotopic (exact) mass is 751 g/mol. The molecular formula is C35H33ClF3N9O5. The van der Waals surface area contributed by atoms with Gasteiger partial charge in [0.15, 0.2) is 17.3 Å². The number of nitrogens with zero attached hydrogens (tertiary/aromatic N) is 8. The van der Waals surface area contributed by atoms with Crippen molar-refractivity contribution in [2.24, 2.45) is 0 Å². The predicted octanol–water partition coefficient (Wildman–Crippen LogP) is 4.79. The fraction of sp³-hybridized carbons (Fsp3) is 0.343. The quantitative estimate of drug-likeness (QED) is 0.237. The number of aryl methyl sites for hydroxylation is 1. The minimum absolute atomic E-state index is 0.0256. The van der Waals surface area contributed by atoms with Gasteiger partial charge in [0.2, 0.25) is 11.7 Å². The lowest BCUT2D eigenvalue weighted by atomic mass is 10.0. The van der Waals surface area contributed by atoms with Gasteiger partial charge in [-0.3, -0.25) is 14.4 Å². The van der Waals surface area contributed by atoms with Gasteiger partial charge in [0.05, 0.1) is 40.4 Å². The predicted molar refractivity (Wildman–Crippen MR) is 187 cm³/mol. The fourth-order valence-corrected chi connectivity index (χ4v) is 6.86. The summed E-state index contributed by atoms with van der Waals surface area (Å²) >= 11 is 6.14. The molecule has 18 heteroatoms. The number of hydrogen-bond acceptors (Lipinski definition) is 10. The van der Waals surface area contributed by atoms with Crippen LogP contribution in [0.15, 0.2) is 47.5 Å². The molecule has 14 nitrogen and oxygen atoms in total. The first kappa shape index (κ1) is 35.8. The van der Waals surface area contributed by atoms with Crippen LogP contribution in [0.4, 0.5) is 24.5 Å². The highest BCUT2D eigenvalue weighted by atomic mass is 35.5. The van der Waals surface area contributed by atoms with Crippen molar-refractivity contribution >= 4 is 40.6 Å². The van der Waals surface area contributed by atoms with Crippen molar-refractivity contribution in [3.63, 3.8) is 0 Å². The summed E-state index contributed by atoms with van der Waals surface area (Å²) in [6, 6.07) is 8.28. The van der Waals surface area contributed by atoms with Crippen LogP contribution in [0.25, 0.3) is 17.2 Å². The zero-order valence-corrected chi connectivity index (χ0v) is 29.5. The lowest BCUT2D eigenvalue weighted by Crippen LogP contribution is -2.51. The van der Waals surface area contributed by atoms with Gasteiger partial charge in [-0.1, -0.05) is 30.7 Å². The van der Waals surface area contributed by atoms with Crippen molar-refractivity contribution in [2.45, 2.75) is 52.6 Å². The molecule has 1 saturated heterocycles. The van der Waals surface area contributed by atoms with E-state index in [9.17, 15) is 32.7 Å². The molecule has 0 saturated carbocycles. The smallest absolute Gasteiger partial charge is 0.416 e. The van der Waals surface area contributed by atoms with Gasteiger partial charge in [0.25, 0.3) is 11.5 Å². The minimum atomic E-state index is -4.62. The number of ether oxygens (including phenoxy) is 1. The SMILES string of the molecule is CCc1c(N2CCN(C(=O)c3ncnc(C)c3O)CC2)c(=O)n2nc(-c3ccc4c(c3)[C@@H](C)OC4)nc2n1CC(=O)Nc1ccc(C(F)(F)F)cc1Cl. The molecule has 5 aromatic rings. The standard InChI is InChI=1S/C35H33ClF3N9O5/c1-4-26-29(45-9-11-46(12-10-45)32(51)28-30(50)18(2)40-17-41-28)33(52)48-34(43-31(44-48)20-5-6-21-16-53-19(3)23(21)13-20)47(26)15-27(49)42-25-8-7-22(14-24(25)36)35(37,38)39/h5-8,13-14,17,19,50H,4,9-12,15-16H2,1-3H3,(H,42,49)/t19-/m1/s1. The molecule has 0 spiro atoms. The summed E-state index contributed by atoms with van der Waals surface area (Å²) in [5.74, 6) is -1.11. The molecule has 1 atom stereocenters. The van der Waals surface area contributed by atoms with Gasteiger partial charge >= 0.3 is 6.18 Å². The Bertz CT molecular complexity index is 2340. The van der Waals surface area contributed by atoms with Crippen LogP contribution < -0.4 is 15.8 Å². The highest BCUT2D eigenvalue weighted by Crippen LogP contribution is 2.35. The average molecular weight is 752 g/mol. The summed E-state index contributed by atoms with van der Waals surface area (Å²) in [7, 11) is 0. The summed E-state index contributed by atoms with van der Waals surface area (Å²) < 4.78 is 48.2. The minimum Gasteiger partial charge on any atom is -0.504 e. The van der Waals surface area contributed by atoms with E-state index in [4.69, 9.17) is 21.3 Å². The highest BCUT2D eigenvalue weighted by molar-refractivity contribution is 6.33. The molecule has 0 aliphatic carbocycles. The van der Waals surface area contributed by atoms with E-state index >= 15 is 0 Å². The second-order valence-corrected chi connectivity index (χ2v) is 13.1. The van der Waals surface area contributed by atoms with Crippen LogP contribution in [0.5, 0.6) is 5.75 Å². The van der Waals surface area contributed by atoms with E-state index in [0.29, 0.717) is 17.9 Å². The molecule has 0 bridgehead atoms. The van der Waals surface area contributed by atoms with Crippen molar-refractivity contribution in [2.75, 3.05) is 36.4 Å². The van der Waals surface area contributed by atoms with Crippen molar-refractivity contribution in [1.82, 2.24) is 34.0 Å². The number of benzene rings is 2. The molecule has 276 valence electrons. The summed E-state index contributed by atoms with van der Waals surface area (Å²) in [5.41, 5.74) is 2.01. The Hall–Kier alpha value is -5.55. The van der Waals surface area contributed by atoms with E-state index < -0.39 is 35.7 Å². The van der Waals surface area contributed by atoms with E-state index in [1.807, 2.05) is 36.9 Å². The molecule has 2 aliphatic rings. The number of halogens is 4. The van der Waals surface area contributed by atoms with Gasteiger partial charge in [0, 0.05) is 31.7 Å². The third kappa shape index (κ3) is 6.65. The highest BCUT2D eigenvalue weighted by Gasteiger charge is 2.32. The summed E-state index contributed by atoms with van der Waals surface area (Å²) in [5, 5.41) is 17.3. The number of amides is 2. The molecule has 0 radical (unpaired) electrons. The Labute approximate surface area is 304 Å². The van der Waals surface area contributed by atoms with Crippen LogP contribution in [0.3, 0.4) is 0 Å². The van der Waals surface area contributed by atoms with Crippen molar-refractivity contribution < 1.29 is 32.6 Å². The van der Waals surface area contributed by atoms with E-state index in [0.717, 1.165) is 33.8 Å². The van der Waals surface area contributed by atoms with Gasteiger partial charge in [-0.15, -0.1) is 5.10 Å². The number of piperazine rings is 1. The Morgan fingerprint density at radius 1 is 1.09 bits per heavy atom. The number of aromatic nitrogens is 6. The van der Waals surface area contributed by atoms with Gasteiger partial charge in [-0.2, -0.15) is 22.7 Å². The van der Waals surface area contributed by atoms with E-state index in [1.165, 1.54) is 11.2 Å². The molecule has 5 heterocycles. The van der Waals surface area contributed by atoms with Crippen LogP contribution in [0.2, 0.25) is 5.02 Å². The number of hydrogen-bond donors (Lipinski definition) is 2. The maximum absolute atomic E-state index is 14.3. The van der Waals surface area contributed by atoms with Crippen LogP contribution in [-0.2, 0) is 35.3 Å². The van der Waals surface area contributed by atoms with Crippen molar-refractivity contribution in [1.29, 1.82) is 0 Å². The molecule has 2 aliphatic heterocycles. The molecule has 53 heavy (non-hydrogen) atoms. The Balaban J connectivity index is 1.26. The number of carbonyl (C=O) groups excluding carboxylic acids is 2. The lowest BCUT2D eigenvalue weighted by Gasteiger charge is -2.36. The second-order valence-electron chi connectivity index (χ2n) is 12.7. The number of anilines is 2. The maximum Gasteiger partial charge on any atom is 0.416 e. The Kier molecular flexibility index (Phi) is 9.32. The first-order chi connectivity index (χ1) is 25.2. The van der Waals surface area contributed by atoms with Crippen molar-refractivity contribution in [3.05, 3.63) is 91.9 Å². The second kappa shape index (κ2) is 13.8. The first-order valence-corrected chi connectivity index (χ1v) is 17.1. The molecule has 2 N–H and O–H groups in total. The molecule has 7 rings (SSSR count). The van der Waals surface area contributed by atoms with E-state index in [2.05, 4.69) is 20.4 Å². The summed E-state index contributed by atoms with van der Waals surface area (Å²) in [6.45, 7) is 6.21. The number of carbonyl (C=O) groups is 2. The van der Waals surface area contributed by atoms with Gasteiger partial charge in [-0.05, 0) is 55.7 Å². The summed E-state index contributed by atoms with van der Waals surface area (Å²) in [6.07, 6.45) is -3.29. The largest absolute Gasteiger partial charge is 0.504 e. The topological polar surface area (TPSA) is 160 Å². The zero-order valence-electron chi connectivity index (χ0n) is 28.7. The van der Waals surface area contributed by atoms with Crippen LogP contribution in [-0.4, -0.2) is 77.1 Å². The molecule has 0 unspecified atom stereocenters. The number of fused-ring (bicyclic) bond motifs is 2. The van der Waals surface area contributed by atoms with Crippen LogP contribution in [0, 0.1) is 6.92 Å². The zero-order chi connectivity index (χ0) is 37.8. The van der Waals surface area contributed by atoms with Gasteiger partial charge < -0.3 is 29.5 Å². The number of aromatic hydroxyl groups is 1. The van der Waals surface area contributed by atoms with E-state index in [1.54, 1.807) is 11.5 Å². The number of rotatable bonds is 7. The average Bonchev–Trinajstić information content (AvgIpc) is 3.75. The number of nitrogens with one attached hydrogen (secondary N) is 1. The molecule has 2 aromatic carbocycles. The first-order valence-electron chi connectivity index (χ1n) is 16.7. The summed E-state index contributed by atoms with van der Waals surface area (Å²) in [4.78, 5) is 57.1. The van der Waals surface area contributed by atoms with E-state index in [-0.39, 0.29) is 83.8 Å². The molecule has 1 fully saturated rings. The molecular weight excluding hydrogens is 719 g/mol. The lowest BCUT2D eigenvalue weighted by molar-refractivity contribution is -0.137. The van der Waals surface area contributed by atoms with Gasteiger partial charge in [0.1, 0.15) is 18.6 Å². The Morgan fingerprint density at radius 2 is 1.85 bits per heavy atom. The third-order valence-electron chi connectivity index (χ3n) is 9.45. The van der Waals surface area contributed by atoms with Gasteiger partial charge in [-0.25, -0.2) is 9.97 Å².